The molecular weight excluding hydrogens is 777 g/mol. The first-order valence-electron chi connectivity index (χ1n) is 22.1. The lowest BCUT2D eigenvalue weighted by atomic mass is 9.80. The molecule has 0 spiro atoms. The van der Waals surface area contributed by atoms with Gasteiger partial charge in [0.15, 0.2) is 0 Å². The van der Waals surface area contributed by atoms with E-state index >= 15 is 0 Å². The normalized spacial score (nSPS) is 12.7. The van der Waals surface area contributed by atoms with Gasteiger partial charge < -0.3 is 8.83 Å². The maximum Gasteiger partial charge on any atom is 0.133 e. The van der Waals surface area contributed by atoms with Crippen LogP contribution < -0.4 is 0 Å². The first-order chi connectivity index (χ1) is 31.7. The van der Waals surface area contributed by atoms with Gasteiger partial charge in [-0.1, -0.05) is 121 Å². The van der Waals surface area contributed by atoms with Gasteiger partial charge in [-0.2, -0.15) is 0 Å². The molecule has 12 aromatic carbocycles. The Morgan fingerprint density at radius 3 is 1.50 bits per heavy atom. The molecule has 16 rings (SSSR count). The van der Waals surface area contributed by atoms with Crippen LogP contribution in [-0.4, -0.2) is 0 Å². The summed E-state index contributed by atoms with van der Waals surface area (Å²) in [5, 5.41) is 20.1. The van der Waals surface area contributed by atoms with Crippen LogP contribution in [0, 0.1) is 0 Å². The van der Waals surface area contributed by atoms with Crippen molar-refractivity contribution in [3.63, 3.8) is 0 Å². The van der Waals surface area contributed by atoms with Crippen molar-refractivity contribution in [2.45, 2.75) is 0 Å². The SMILES string of the molecule is c1ccc2c(c1)cc1c3c(cccc32)-c2cc3c(ccc4c3ccc3c(-c5ccc6occc6c5)c5c(c(-c6ccc7occc7c6)c34)-c3cccc4c3c-5cc3ccccc34)cc2-1. The molecule has 2 aliphatic carbocycles. The van der Waals surface area contributed by atoms with Gasteiger partial charge in [0.1, 0.15) is 11.2 Å². The number of fused-ring (bicyclic) bond motifs is 17. The highest BCUT2D eigenvalue weighted by molar-refractivity contribution is 6.35. The van der Waals surface area contributed by atoms with E-state index in [1.165, 1.54) is 142 Å². The second kappa shape index (κ2) is 11.7. The van der Waals surface area contributed by atoms with Crippen molar-refractivity contribution in [1.29, 1.82) is 0 Å². The van der Waals surface area contributed by atoms with Gasteiger partial charge in [0.2, 0.25) is 0 Å². The largest absolute Gasteiger partial charge is 0.464 e. The van der Waals surface area contributed by atoms with Gasteiger partial charge in [0.25, 0.3) is 0 Å². The topological polar surface area (TPSA) is 26.3 Å². The van der Waals surface area contributed by atoms with Crippen molar-refractivity contribution in [1.82, 2.24) is 0 Å². The Morgan fingerprint density at radius 1 is 0.234 bits per heavy atom. The molecule has 14 aromatic rings. The van der Waals surface area contributed by atoms with Crippen LogP contribution in [0.1, 0.15) is 0 Å². The Bertz CT molecular complexity index is 4480. The monoisotopic (exact) mass is 808 g/mol. The fourth-order valence-electron chi connectivity index (χ4n) is 12.2. The van der Waals surface area contributed by atoms with Gasteiger partial charge in [0.05, 0.1) is 12.5 Å². The molecule has 0 fully saturated rings. The number of rotatable bonds is 2. The summed E-state index contributed by atoms with van der Waals surface area (Å²) in [4.78, 5) is 0. The lowest BCUT2D eigenvalue weighted by molar-refractivity contribution is 0.615. The zero-order valence-corrected chi connectivity index (χ0v) is 34.3. The Kier molecular flexibility index (Phi) is 6.08. The second-order valence-electron chi connectivity index (χ2n) is 17.9. The highest BCUT2D eigenvalue weighted by Crippen LogP contribution is 2.60. The van der Waals surface area contributed by atoms with E-state index in [9.17, 15) is 0 Å². The molecule has 292 valence electrons. The fraction of sp³-hybridized carbons (Fsp3) is 0. The number of furan rings is 2. The summed E-state index contributed by atoms with van der Waals surface area (Å²) in [6.45, 7) is 0. The maximum absolute atomic E-state index is 5.95. The van der Waals surface area contributed by atoms with E-state index < -0.39 is 0 Å². The van der Waals surface area contributed by atoms with E-state index in [1.807, 2.05) is 0 Å². The van der Waals surface area contributed by atoms with E-state index in [4.69, 9.17) is 8.83 Å². The minimum absolute atomic E-state index is 0.889. The van der Waals surface area contributed by atoms with Crippen LogP contribution in [0.5, 0.6) is 0 Å². The van der Waals surface area contributed by atoms with Crippen molar-refractivity contribution in [2.24, 2.45) is 0 Å². The predicted octanol–water partition coefficient (Wildman–Crippen LogP) is 17.9. The molecule has 0 unspecified atom stereocenters. The zero-order valence-electron chi connectivity index (χ0n) is 34.3. The molecule has 0 aliphatic heterocycles. The fourth-order valence-corrected chi connectivity index (χ4v) is 12.2. The van der Waals surface area contributed by atoms with Crippen LogP contribution in [0.2, 0.25) is 0 Å². The number of hydrogen-bond acceptors (Lipinski definition) is 2. The molecule has 0 bridgehead atoms. The van der Waals surface area contributed by atoms with Gasteiger partial charge >= 0.3 is 0 Å². The minimum atomic E-state index is 0.889. The van der Waals surface area contributed by atoms with Crippen molar-refractivity contribution in [2.75, 3.05) is 0 Å². The first-order valence-corrected chi connectivity index (χ1v) is 22.1. The summed E-state index contributed by atoms with van der Waals surface area (Å²) in [6.07, 6.45) is 3.60. The Morgan fingerprint density at radius 2 is 0.766 bits per heavy atom. The highest BCUT2D eigenvalue weighted by atomic mass is 16.3. The van der Waals surface area contributed by atoms with Crippen molar-refractivity contribution in [3.05, 3.63) is 195 Å². The highest BCUT2D eigenvalue weighted by Gasteiger charge is 2.33. The molecule has 64 heavy (non-hydrogen) atoms. The smallest absolute Gasteiger partial charge is 0.133 e. The van der Waals surface area contributed by atoms with Crippen LogP contribution in [-0.2, 0) is 0 Å². The van der Waals surface area contributed by atoms with E-state index in [1.54, 1.807) is 12.5 Å². The van der Waals surface area contributed by atoms with Gasteiger partial charge in [-0.3, -0.25) is 0 Å². The third-order valence-corrected chi connectivity index (χ3v) is 14.8. The molecule has 2 heterocycles. The Labute approximate surface area is 365 Å². The van der Waals surface area contributed by atoms with Gasteiger partial charge in [-0.15, -0.1) is 0 Å². The molecule has 0 radical (unpaired) electrons. The molecule has 2 aliphatic rings. The minimum Gasteiger partial charge on any atom is -0.464 e. The molecule has 2 aromatic heterocycles. The van der Waals surface area contributed by atoms with Gasteiger partial charge in [0, 0.05) is 10.8 Å². The average Bonchev–Trinajstić information content (AvgIpc) is 4.15. The van der Waals surface area contributed by atoms with Crippen LogP contribution in [0.4, 0.5) is 0 Å². The van der Waals surface area contributed by atoms with Crippen LogP contribution in [0.3, 0.4) is 0 Å². The van der Waals surface area contributed by atoms with Crippen LogP contribution >= 0.6 is 0 Å². The Hall–Kier alpha value is -8.46. The second-order valence-corrected chi connectivity index (χ2v) is 17.9. The van der Waals surface area contributed by atoms with Crippen molar-refractivity contribution >= 4 is 97.3 Å². The number of benzene rings is 12. The summed E-state index contributed by atoms with van der Waals surface area (Å²) in [5.41, 5.74) is 17.0. The summed E-state index contributed by atoms with van der Waals surface area (Å²) in [6, 6.07) is 68.4. The Balaban J connectivity index is 1.09. The lowest BCUT2D eigenvalue weighted by Gasteiger charge is -2.22. The summed E-state index contributed by atoms with van der Waals surface area (Å²) < 4.78 is 11.9. The van der Waals surface area contributed by atoms with Gasteiger partial charge in [-0.25, -0.2) is 0 Å². The average molecular weight is 809 g/mol. The molecule has 0 atom stereocenters. The molecule has 2 nitrogen and oxygen atoms in total. The summed E-state index contributed by atoms with van der Waals surface area (Å²) in [5.74, 6) is 0. The molecule has 0 amide bonds. The maximum atomic E-state index is 5.95. The quantitative estimate of drug-likeness (QED) is 0.163. The number of hydrogen-bond donors (Lipinski definition) is 0. The molecular formula is C62H32O2. The third kappa shape index (κ3) is 4.11. The zero-order chi connectivity index (χ0) is 41.4. The van der Waals surface area contributed by atoms with E-state index in [0.717, 1.165) is 21.9 Å². The van der Waals surface area contributed by atoms with E-state index in [0.29, 0.717) is 0 Å². The predicted molar refractivity (Wildman–Crippen MR) is 268 cm³/mol. The summed E-state index contributed by atoms with van der Waals surface area (Å²) >= 11 is 0. The third-order valence-electron chi connectivity index (χ3n) is 14.8. The first kappa shape index (κ1) is 33.2. The van der Waals surface area contributed by atoms with Crippen molar-refractivity contribution in [3.8, 4) is 66.8 Å². The lowest BCUT2D eigenvalue weighted by Crippen LogP contribution is -1.95. The summed E-state index contributed by atoms with van der Waals surface area (Å²) in [7, 11) is 0. The van der Waals surface area contributed by atoms with Crippen molar-refractivity contribution < 1.29 is 8.83 Å². The van der Waals surface area contributed by atoms with Crippen LogP contribution in [0.25, 0.3) is 164 Å². The van der Waals surface area contributed by atoms with E-state index in [-0.39, 0.29) is 0 Å². The molecule has 0 saturated heterocycles. The van der Waals surface area contributed by atoms with E-state index in [2.05, 4.69) is 182 Å². The molecule has 0 N–H and O–H groups in total. The molecule has 2 heteroatoms. The molecule has 0 saturated carbocycles. The van der Waals surface area contributed by atoms with Gasteiger partial charge in [-0.05, 0) is 203 Å². The van der Waals surface area contributed by atoms with Crippen LogP contribution in [0.15, 0.2) is 203 Å². The standard InChI is InChI=1S/C62H32O2/c1-3-9-40-33(7-1)30-52-50-29-35-15-18-46-42(49(35)32-51(50)45-13-5-11-43(40)58(45)52)19-20-48-56(38-16-21-54-36(27-38)23-25-63-54)62-53-31-34-8-2-4-10-41(34)44-12-6-14-47(59(44)53)61(62)57(60(46)48)39-17-22-55-37(28-39)24-26-64-55/h1-32H.